The van der Waals surface area contributed by atoms with Crippen LogP contribution in [0, 0.1) is 5.92 Å². The van der Waals surface area contributed by atoms with Crippen LogP contribution >= 0.6 is 0 Å². The van der Waals surface area contributed by atoms with Crippen LogP contribution in [0.5, 0.6) is 0 Å². The lowest BCUT2D eigenvalue weighted by molar-refractivity contribution is 0.178. The van der Waals surface area contributed by atoms with Gasteiger partial charge in [0.2, 0.25) is 0 Å². The van der Waals surface area contributed by atoms with Crippen LogP contribution < -0.4 is 5.32 Å². The van der Waals surface area contributed by atoms with E-state index < -0.39 is 0 Å². The van der Waals surface area contributed by atoms with E-state index in [4.69, 9.17) is 0 Å². The third-order valence-electron chi connectivity index (χ3n) is 2.63. The van der Waals surface area contributed by atoms with Crippen LogP contribution in [0.1, 0.15) is 13.3 Å². The van der Waals surface area contributed by atoms with Gasteiger partial charge >= 0.3 is 0 Å². The molecule has 12 heavy (non-hydrogen) atoms. The fourth-order valence-corrected chi connectivity index (χ4v) is 1.89. The average Bonchev–Trinajstić information content (AvgIpc) is 2.03. The number of piperidine rings is 1. The van der Waals surface area contributed by atoms with Gasteiger partial charge in [-0.25, -0.2) is 0 Å². The van der Waals surface area contributed by atoms with Crippen LogP contribution in [0.15, 0.2) is 12.7 Å². The van der Waals surface area contributed by atoms with Crippen molar-refractivity contribution in [3.63, 3.8) is 0 Å². The van der Waals surface area contributed by atoms with Gasteiger partial charge in [-0.2, -0.15) is 0 Å². The number of hydrogen-bond acceptors (Lipinski definition) is 2. The molecule has 0 aliphatic carbocycles. The van der Waals surface area contributed by atoms with Crippen molar-refractivity contribution in [1.29, 1.82) is 0 Å². The summed E-state index contributed by atoms with van der Waals surface area (Å²) in [7, 11) is 2.19. The first-order chi connectivity index (χ1) is 5.74. The summed E-state index contributed by atoms with van der Waals surface area (Å²) in [5.74, 6) is 0.767. The second-order valence-corrected chi connectivity index (χ2v) is 3.83. The maximum Gasteiger partial charge on any atom is 0.0135 e. The van der Waals surface area contributed by atoms with Gasteiger partial charge in [0.1, 0.15) is 0 Å². The zero-order chi connectivity index (χ0) is 8.97. The first kappa shape index (κ1) is 9.75. The van der Waals surface area contributed by atoms with Gasteiger partial charge in [0.25, 0.3) is 0 Å². The standard InChI is InChI=1S/C10H20N2/c1-4-6-11-10-5-7-12(3)8-9(10)2/h4,9-11H,1,5-8H2,2-3H3. The zero-order valence-corrected chi connectivity index (χ0v) is 8.21. The van der Waals surface area contributed by atoms with E-state index in [1.807, 2.05) is 6.08 Å². The van der Waals surface area contributed by atoms with Crippen LogP contribution in [0.2, 0.25) is 0 Å². The molecule has 0 radical (unpaired) electrons. The molecule has 1 aliphatic rings. The van der Waals surface area contributed by atoms with Gasteiger partial charge in [-0.15, -0.1) is 6.58 Å². The number of nitrogens with zero attached hydrogens (tertiary/aromatic N) is 1. The number of rotatable bonds is 3. The summed E-state index contributed by atoms with van der Waals surface area (Å²) in [5, 5.41) is 3.50. The van der Waals surface area contributed by atoms with Crippen LogP contribution in [0.25, 0.3) is 0 Å². The first-order valence-corrected chi connectivity index (χ1v) is 4.77. The van der Waals surface area contributed by atoms with E-state index in [2.05, 4.69) is 30.8 Å². The minimum Gasteiger partial charge on any atom is -0.310 e. The van der Waals surface area contributed by atoms with Gasteiger partial charge in [0.15, 0.2) is 0 Å². The average molecular weight is 168 g/mol. The molecule has 0 spiro atoms. The monoisotopic (exact) mass is 168 g/mol. The molecule has 1 fully saturated rings. The predicted molar refractivity (Wildman–Crippen MR) is 53.3 cm³/mol. The Hall–Kier alpha value is -0.340. The minimum atomic E-state index is 0.694. The molecule has 2 unspecified atom stereocenters. The fraction of sp³-hybridized carbons (Fsp3) is 0.800. The highest BCUT2D eigenvalue weighted by Crippen LogP contribution is 2.14. The third-order valence-corrected chi connectivity index (χ3v) is 2.63. The van der Waals surface area contributed by atoms with Crippen LogP contribution in [0.3, 0.4) is 0 Å². The Bertz CT molecular complexity index is 145. The Balaban J connectivity index is 2.29. The summed E-state index contributed by atoms with van der Waals surface area (Å²) in [6.07, 6.45) is 3.20. The molecule has 70 valence electrons. The molecule has 2 atom stereocenters. The van der Waals surface area contributed by atoms with Crippen LogP contribution in [-0.4, -0.2) is 37.6 Å². The molecule has 1 rings (SSSR count). The summed E-state index contributed by atoms with van der Waals surface area (Å²) in [6.45, 7) is 9.41. The number of nitrogens with one attached hydrogen (secondary N) is 1. The molecular weight excluding hydrogens is 148 g/mol. The van der Waals surface area contributed by atoms with E-state index >= 15 is 0 Å². The van der Waals surface area contributed by atoms with Gasteiger partial charge in [-0.3, -0.25) is 0 Å². The van der Waals surface area contributed by atoms with Gasteiger partial charge in [0, 0.05) is 19.1 Å². The topological polar surface area (TPSA) is 15.3 Å². The molecule has 2 nitrogen and oxygen atoms in total. The van der Waals surface area contributed by atoms with E-state index in [0.29, 0.717) is 6.04 Å². The molecule has 0 aromatic carbocycles. The first-order valence-electron chi connectivity index (χ1n) is 4.77. The minimum absolute atomic E-state index is 0.694. The van der Waals surface area contributed by atoms with Crippen molar-refractivity contribution < 1.29 is 0 Å². The second kappa shape index (κ2) is 4.63. The molecular formula is C10H20N2. The maximum absolute atomic E-state index is 3.71. The van der Waals surface area contributed by atoms with E-state index in [9.17, 15) is 0 Å². The Morgan fingerprint density at radius 2 is 2.42 bits per heavy atom. The summed E-state index contributed by atoms with van der Waals surface area (Å²) < 4.78 is 0. The largest absolute Gasteiger partial charge is 0.310 e. The van der Waals surface area contributed by atoms with Crippen molar-refractivity contribution >= 4 is 0 Å². The van der Waals surface area contributed by atoms with Gasteiger partial charge in [0.05, 0.1) is 0 Å². The summed E-state index contributed by atoms with van der Waals surface area (Å²) >= 11 is 0. The molecule has 0 aromatic rings. The van der Waals surface area contributed by atoms with Crippen molar-refractivity contribution in [2.24, 2.45) is 5.92 Å². The lowest BCUT2D eigenvalue weighted by Crippen LogP contribution is -2.46. The lowest BCUT2D eigenvalue weighted by atomic mass is 9.94. The van der Waals surface area contributed by atoms with Crippen molar-refractivity contribution in [1.82, 2.24) is 10.2 Å². The summed E-state index contributed by atoms with van der Waals surface area (Å²) in [6, 6.07) is 0.694. The van der Waals surface area contributed by atoms with E-state index in [1.165, 1.54) is 19.5 Å². The highest BCUT2D eigenvalue weighted by atomic mass is 15.1. The third kappa shape index (κ3) is 2.61. The van der Waals surface area contributed by atoms with Crippen molar-refractivity contribution in [3.8, 4) is 0 Å². The Morgan fingerprint density at radius 3 is 3.00 bits per heavy atom. The highest BCUT2D eigenvalue weighted by molar-refractivity contribution is 4.83. The predicted octanol–water partition coefficient (Wildman–Crippen LogP) is 1.10. The normalized spacial score (nSPS) is 31.8. The molecule has 1 heterocycles. The second-order valence-electron chi connectivity index (χ2n) is 3.83. The molecule has 2 heteroatoms. The molecule has 0 amide bonds. The quantitative estimate of drug-likeness (QED) is 0.635. The van der Waals surface area contributed by atoms with E-state index in [0.717, 1.165) is 12.5 Å². The zero-order valence-electron chi connectivity index (χ0n) is 8.21. The Kier molecular flexibility index (Phi) is 3.76. The maximum atomic E-state index is 3.71. The fourth-order valence-electron chi connectivity index (χ4n) is 1.89. The van der Waals surface area contributed by atoms with E-state index in [-0.39, 0.29) is 0 Å². The van der Waals surface area contributed by atoms with Crippen LogP contribution in [-0.2, 0) is 0 Å². The molecule has 0 saturated carbocycles. The van der Waals surface area contributed by atoms with Crippen molar-refractivity contribution in [3.05, 3.63) is 12.7 Å². The number of hydrogen-bond donors (Lipinski definition) is 1. The van der Waals surface area contributed by atoms with Gasteiger partial charge in [-0.05, 0) is 25.9 Å². The van der Waals surface area contributed by atoms with Crippen molar-refractivity contribution in [2.45, 2.75) is 19.4 Å². The summed E-state index contributed by atoms with van der Waals surface area (Å²) in [5.41, 5.74) is 0. The highest BCUT2D eigenvalue weighted by Gasteiger charge is 2.22. The molecule has 0 aromatic heterocycles. The lowest BCUT2D eigenvalue weighted by Gasteiger charge is -2.35. The molecule has 1 saturated heterocycles. The van der Waals surface area contributed by atoms with Crippen molar-refractivity contribution in [2.75, 3.05) is 26.7 Å². The molecule has 0 bridgehead atoms. The van der Waals surface area contributed by atoms with Gasteiger partial charge in [-0.1, -0.05) is 13.0 Å². The van der Waals surface area contributed by atoms with E-state index in [1.54, 1.807) is 0 Å². The smallest absolute Gasteiger partial charge is 0.0135 e. The molecule has 1 N–H and O–H groups in total. The Morgan fingerprint density at radius 1 is 1.67 bits per heavy atom. The van der Waals surface area contributed by atoms with Crippen LogP contribution in [0.4, 0.5) is 0 Å². The SMILES string of the molecule is C=CCNC1CCN(C)CC1C. The molecule has 1 aliphatic heterocycles. The Labute approximate surface area is 75.6 Å². The van der Waals surface area contributed by atoms with Gasteiger partial charge < -0.3 is 10.2 Å². The summed E-state index contributed by atoms with van der Waals surface area (Å²) in [4.78, 5) is 2.40. The number of likely N-dealkylation sites (tertiary alicyclic amines) is 1.